The van der Waals surface area contributed by atoms with Crippen molar-refractivity contribution in [3.63, 3.8) is 0 Å². The van der Waals surface area contributed by atoms with Gasteiger partial charge < -0.3 is 10.2 Å². The average Bonchev–Trinajstić information content (AvgIpc) is 2.54. The molecule has 1 heterocycles. The molecule has 1 saturated heterocycles. The average molecular weight is 397 g/mol. The Hall–Kier alpha value is -0.520. The number of carbonyl (C=O) groups excluding carboxylic acids is 1. The van der Waals surface area contributed by atoms with Crippen molar-refractivity contribution >= 4 is 42.3 Å². The highest BCUT2D eigenvalue weighted by molar-refractivity contribution is 6.30. The number of nitrogens with one attached hydrogen (secondary N) is 1. The normalized spacial score (nSPS) is 17.4. The van der Waals surface area contributed by atoms with E-state index >= 15 is 0 Å². The standard InChI is InChI=1S/C17H26ClN3O.2ClH/c1-13(12-19-3)17(22)21-10-8-20(9-11-21)14(2)15-4-6-16(18)7-5-15;;/h4-7,13-14,19H,8-12H2,1-3H3;2*1H. The smallest absolute Gasteiger partial charge is 0.226 e. The van der Waals surface area contributed by atoms with Crippen LogP contribution >= 0.6 is 36.4 Å². The summed E-state index contributed by atoms with van der Waals surface area (Å²) in [5.41, 5.74) is 1.27. The zero-order chi connectivity index (χ0) is 16.1. The predicted octanol–water partition coefficient (Wildman–Crippen LogP) is 3.24. The molecule has 0 radical (unpaired) electrons. The molecule has 2 rings (SSSR count). The Morgan fingerprint density at radius 2 is 1.67 bits per heavy atom. The van der Waals surface area contributed by atoms with Gasteiger partial charge in [-0.15, -0.1) is 24.8 Å². The molecule has 0 saturated carbocycles. The third-order valence-electron chi connectivity index (χ3n) is 4.46. The lowest BCUT2D eigenvalue weighted by molar-refractivity contribution is -0.136. The maximum atomic E-state index is 12.3. The highest BCUT2D eigenvalue weighted by Gasteiger charge is 2.26. The van der Waals surface area contributed by atoms with Crippen LogP contribution in [0.3, 0.4) is 0 Å². The number of hydrogen-bond acceptors (Lipinski definition) is 3. The van der Waals surface area contributed by atoms with Crippen molar-refractivity contribution in [1.29, 1.82) is 0 Å². The summed E-state index contributed by atoms with van der Waals surface area (Å²) in [5, 5.41) is 3.84. The molecule has 0 aromatic heterocycles. The van der Waals surface area contributed by atoms with Gasteiger partial charge in [-0.25, -0.2) is 0 Å². The van der Waals surface area contributed by atoms with E-state index in [4.69, 9.17) is 11.6 Å². The number of hydrogen-bond donors (Lipinski definition) is 1. The van der Waals surface area contributed by atoms with Crippen LogP contribution in [0.5, 0.6) is 0 Å². The van der Waals surface area contributed by atoms with Gasteiger partial charge in [0.05, 0.1) is 0 Å². The van der Waals surface area contributed by atoms with Crippen LogP contribution in [0.2, 0.25) is 5.02 Å². The molecule has 0 aliphatic carbocycles. The summed E-state index contributed by atoms with van der Waals surface area (Å²) >= 11 is 5.95. The number of piperazine rings is 1. The summed E-state index contributed by atoms with van der Waals surface area (Å²) in [7, 11) is 1.88. The maximum absolute atomic E-state index is 12.3. The fourth-order valence-corrected chi connectivity index (χ4v) is 3.11. The van der Waals surface area contributed by atoms with Crippen LogP contribution < -0.4 is 5.32 Å². The van der Waals surface area contributed by atoms with E-state index in [1.165, 1.54) is 5.56 Å². The first-order chi connectivity index (χ1) is 10.5. The summed E-state index contributed by atoms with van der Waals surface area (Å²) in [6.45, 7) is 8.39. The Balaban J connectivity index is 0.00000264. The lowest BCUT2D eigenvalue weighted by Gasteiger charge is -2.39. The molecule has 1 aromatic rings. The van der Waals surface area contributed by atoms with Crippen molar-refractivity contribution in [2.75, 3.05) is 39.8 Å². The Kier molecular flexibility index (Phi) is 10.9. The highest BCUT2D eigenvalue weighted by Crippen LogP contribution is 2.23. The molecule has 24 heavy (non-hydrogen) atoms. The van der Waals surface area contributed by atoms with Crippen molar-refractivity contribution in [2.45, 2.75) is 19.9 Å². The molecular weight excluding hydrogens is 369 g/mol. The lowest BCUT2D eigenvalue weighted by atomic mass is 10.1. The number of rotatable bonds is 5. The Labute approximate surface area is 162 Å². The first-order valence-electron chi connectivity index (χ1n) is 7.96. The fourth-order valence-electron chi connectivity index (χ4n) is 2.99. The van der Waals surface area contributed by atoms with Crippen LogP contribution in [-0.4, -0.2) is 55.5 Å². The van der Waals surface area contributed by atoms with Crippen LogP contribution in [0.1, 0.15) is 25.5 Å². The number of carbonyl (C=O) groups is 1. The van der Waals surface area contributed by atoms with Crippen LogP contribution in [0, 0.1) is 5.92 Å². The third kappa shape index (κ3) is 6.08. The first-order valence-corrected chi connectivity index (χ1v) is 8.33. The first kappa shape index (κ1) is 23.5. The Morgan fingerprint density at radius 1 is 1.12 bits per heavy atom. The van der Waals surface area contributed by atoms with Gasteiger partial charge >= 0.3 is 0 Å². The SMILES string of the molecule is CNCC(C)C(=O)N1CCN(C(C)c2ccc(Cl)cc2)CC1.Cl.Cl. The largest absolute Gasteiger partial charge is 0.340 e. The lowest BCUT2D eigenvalue weighted by Crippen LogP contribution is -2.51. The van der Waals surface area contributed by atoms with Gasteiger partial charge in [0.15, 0.2) is 0 Å². The van der Waals surface area contributed by atoms with Crippen molar-refractivity contribution in [3.05, 3.63) is 34.9 Å². The molecule has 1 aliphatic heterocycles. The van der Waals surface area contributed by atoms with Gasteiger partial charge in [0.1, 0.15) is 0 Å². The second-order valence-corrected chi connectivity index (χ2v) is 6.48. The van der Waals surface area contributed by atoms with Crippen LogP contribution in [0.15, 0.2) is 24.3 Å². The van der Waals surface area contributed by atoms with Crippen molar-refractivity contribution in [1.82, 2.24) is 15.1 Å². The van der Waals surface area contributed by atoms with Crippen LogP contribution in [-0.2, 0) is 4.79 Å². The number of amides is 1. The number of nitrogens with zero attached hydrogens (tertiary/aromatic N) is 2. The maximum Gasteiger partial charge on any atom is 0.226 e. The molecule has 138 valence electrons. The summed E-state index contributed by atoms with van der Waals surface area (Å²) in [5.74, 6) is 0.304. The van der Waals surface area contributed by atoms with Crippen LogP contribution in [0.4, 0.5) is 0 Å². The van der Waals surface area contributed by atoms with Gasteiger partial charge in [-0.05, 0) is 31.7 Å². The van der Waals surface area contributed by atoms with E-state index < -0.39 is 0 Å². The van der Waals surface area contributed by atoms with Crippen molar-refractivity contribution in [3.8, 4) is 0 Å². The van der Waals surface area contributed by atoms with Gasteiger partial charge in [0.25, 0.3) is 0 Å². The van der Waals surface area contributed by atoms with E-state index in [1.54, 1.807) is 0 Å². The van der Waals surface area contributed by atoms with Crippen molar-refractivity contribution in [2.24, 2.45) is 5.92 Å². The predicted molar refractivity (Wildman–Crippen MR) is 106 cm³/mol. The minimum Gasteiger partial charge on any atom is -0.340 e. The van der Waals surface area contributed by atoms with E-state index in [9.17, 15) is 4.79 Å². The van der Waals surface area contributed by atoms with Crippen molar-refractivity contribution < 1.29 is 4.79 Å². The number of halogens is 3. The minimum atomic E-state index is 0. The zero-order valence-electron chi connectivity index (χ0n) is 14.5. The van der Waals surface area contributed by atoms with Crippen LogP contribution in [0.25, 0.3) is 0 Å². The molecule has 4 nitrogen and oxygen atoms in total. The molecule has 1 fully saturated rings. The molecular formula is C17H28Cl3N3O. The second kappa shape index (κ2) is 11.2. The highest BCUT2D eigenvalue weighted by atomic mass is 35.5. The second-order valence-electron chi connectivity index (χ2n) is 6.05. The monoisotopic (exact) mass is 395 g/mol. The third-order valence-corrected chi connectivity index (χ3v) is 4.71. The molecule has 2 unspecified atom stereocenters. The molecule has 7 heteroatoms. The van der Waals surface area contributed by atoms with E-state index in [0.717, 1.165) is 37.7 Å². The topological polar surface area (TPSA) is 35.6 Å². The molecule has 2 atom stereocenters. The summed E-state index contributed by atoms with van der Waals surface area (Å²) < 4.78 is 0. The molecule has 0 bridgehead atoms. The fraction of sp³-hybridized carbons (Fsp3) is 0.588. The van der Waals surface area contributed by atoms with Gasteiger partial charge in [-0.1, -0.05) is 30.7 Å². The molecule has 0 spiro atoms. The molecule has 1 amide bonds. The van der Waals surface area contributed by atoms with Gasteiger partial charge in [-0.3, -0.25) is 9.69 Å². The van der Waals surface area contributed by atoms with E-state index in [-0.39, 0.29) is 36.6 Å². The molecule has 1 aliphatic rings. The Bertz CT molecular complexity index is 490. The van der Waals surface area contributed by atoms with E-state index in [0.29, 0.717) is 6.04 Å². The molecule has 1 N–H and O–H groups in total. The van der Waals surface area contributed by atoms with Gasteiger partial charge in [0.2, 0.25) is 5.91 Å². The number of benzene rings is 1. The van der Waals surface area contributed by atoms with E-state index in [1.807, 2.05) is 31.0 Å². The Morgan fingerprint density at radius 3 is 2.17 bits per heavy atom. The van der Waals surface area contributed by atoms with Gasteiger partial charge in [-0.2, -0.15) is 0 Å². The molecule has 1 aromatic carbocycles. The van der Waals surface area contributed by atoms with Gasteiger partial charge in [0, 0.05) is 49.7 Å². The minimum absolute atomic E-state index is 0. The summed E-state index contributed by atoms with van der Waals surface area (Å²) in [6.07, 6.45) is 0. The van der Waals surface area contributed by atoms with E-state index in [2.05, 4.69) is 29.3 Å². The summed E-state index contributed by atoms with van der Waals surface area (Å²) in [6, 6.07) is 8.39. The quantitative estimate of drug-likeness (QED) is 0.830. The summed E-state index contributed by atoms with van der Waals surface area (Å²) in [4.78, 5) is 16.7. The zero-order valence-corrected chi connectivity index (χ0v) is 16.9.